The molecule has 0 aliphatic rings. The number of nitrogens with two attached hydrogens (primary N) is 1. The van der Waals surface area contributed by atoms with Gasteiger partial charge in [-0.25, -0.2) is 4.79 Å². The van der Waals surface area contributed by atoms with E-state index >= 15 is 0 Å². The smallest absolute Gasteiger partial charge is 0.407 e. The molecule has 0 aliphatic carbocycles. The van der Waals surface area contributed by atoms with Crippen molar-refractivity contribution in [3.05, 3.63) is 18.2 Å². The second kappa shape index (κ2) is 13.0. The average molecular weight is 441 g/mol. The minimum atomic E-state index is -0.547. The van der Waals surface area contributed by atoms with Gasteiger partial charge in [0.25, 0.3) is 5.22 Å². The van der Waals surface area contributed by atoms with Gasteiger partial charge in [-0.05, 0) is 39.2 Å². The van der Waals surface area contributed by atoms with Crippen molar-refractivity contribution in [1.29, 1.82) is 0 Å². The molecule has 0 atom stereocenters. The number of hydrogen-bond acceptors (Lipinski definition) is 9. The van der Waals surface area contributed by atoms with E-state index in [0.29, 0.717) is 41.3 Å². The van der Waals surface area contributed by atoms with Crippen LogP contribution in [0.15, 0.2) is 27.8 Å². The van der Waals surface area contributed by atoms with E-state index in [0.717, 1.165) is 0 Å². The third-order valence-electron chi connectivity index (χ3n) is 3.13. The number of carbonyl (C=O) groups excluding carboxylic acids is 1. The molecule has 0 aliphatic heterocycles. The summed E-state index contributed by atoms with van der Waals surface area (Å²) in [5.74, 6) is 1.47. The normalized spacial score (nSPS) is 10.6. The second-order valence-corrected chi connectivity index (χ2v) is 7.44. The maximum atomic E-state index is 11.7. The van der Waals surface area contributed by atoms with Gasteiger partial charge in [-0.1, -0.05) is 25.6 Å². The van der Waals surface area contributed by atoms with E-state index in [1.807, 2.05) is 20.1 Å². The molecule has 2 aromatic rings. The monoisotopic (exact) mass is 440 g/mol. The molecule has 168 valence electrons. The van der Waals surface area contributed by atoms with Crippen LogP contribution in [0, 0.1) is 0 Å². The summed E-state index contributed by atoms with van der Waals surface area (Å²) in [6.07, 6.45) is 1.36. The number of hydrogen-bond donors (Lipinski definition) is 2. The highest BCUT2D eigenvalue weighted by atomic mass is 32.2. The number of alkyl carbamates (subject to hydrolysis) is 1. The molecule has 1 heterocycles. The Morgan fingerprint density at radius 2 is 1.77 bits per heavy atom. The van der Waals surface area contributed by atoms with Gasteiger partial charge in [-0.2, -0.15) is 0 Å². The van der Waals surface area contributed by atoms with Crippen molar-refractivity contribution in [3.63, 3.8) is 0 Å². The third kappa shape index (κ3) is 9.36. The number of benzene rings is 1. The van der Waals surface area contributed by atoms with Gasteiger partial charge >= 0.3 is 6.09 Å². The molecule has 0 saturated heterocycles. The van der Waals surface area contributed by atoms with Crippen LogP contribution in [0.4, 0.5) is 4.79 Å². The zero-order valence-corrected chi connectivity index (χ0v) is 19.3. The molecule has 10 heteroatoms. The lowest BCUT2D eigenvalue weighted by Crippen LogP contribution is -2.34. The highest BCUT2D eigenvalue weighted by Crippen LogP contribution is 2.30. The van der Waals surface area contributed by atoms with Gasteiger partial charge < -0.3 is 29.7 Å². The predicted molar refractivity (Wildman–Crippen MR) is 117 cm³/mol. The SMILES string of the molecule is CC.CSc1nnc(-c2cc(OCCN)cc(OCCNC(=O)OC(C)(C)C)c2)o1. The summed E-state index contributed by atoms with van der Waals surface area (Å²) in [6, 6.07) is 5.28. The molecule has 1 aromatic heterocycles. The Balaban J connectivity index is 0.00000218. The van der Waals surface area contributed by atoms with Crippen LogP contribution in [-0.2, 0) is 4.74 Å². The van der Waals surface area contributed by atoms with Crippen molar-refractivity contribution in [1.82, 2.24) is 15.5 Å². The first-order valence-corrected chi connectivity index (χ1v) is 11.0. The highest BCUT2D eigenvalue weighted by molar-refractivity contribution is 7.98. The summed E-state index contributed by atoms with van der Waals surface area (Å²) in [7, 11) is 0. The first-order valence-electron chi connectivity index (χ1n) is 9.76. The maximum absolute atomic E-state index is 11.7. The Hall–Kier alpha value is -2.46. The fraction of sp³-hybridized carbons (Fsp3) is 0.550. The van der Waals surface area contributed by atoms with E-state index in [1.54, 1.807) is 39.0 Å². The number of nitrogens with one attached hydrogen (secondary N) is 1. The molecule has 0 spiro atoms. The summed E-state index contributed by atoms with van der Waals surface area (Å²) in [5.41, 5.74) is 5.62. The molecular weight excluding hydrogens is 408 g/mol. The van der Waals surface area contributed by atoms with Gasteiger partial charge in [-0.3, -0.25) is 0 Å². The molecule has 9 nitrogen and oxygen atoms in total. The molecular formula is C20H32N4O5S. The van der Waals surface area contributed by atoms with Gasteiger partial charge in [0.1, 0.15) is 30.3 Å². The summed E-state index contributed by atoms with van der Waals surface area (Å²) < 4.78 is 22.1. The van der Waals surface area contributed by atoms with Crippen LogP contribution in [0.5, 0.6) is 11.5 Å². The van der Waals surface area contributed by atoms with E-state index in [2.05, 4.69) is 15.5 Å². The van der Waals surface area contributed by atoms with E-state index in [4.69, 9.17) is 24.4 Å². The van der Waals surface area contributed by atoms with Crippen molar-refractivity contribution < 1.29 is 23.4 Å². The van der Waals surface area contributed by atoms with Crippen molar-refractivity contribution in [3.8, 4) is 23.0 Å². The van der Waals surface area contributed by atoms with Crippen molar-refractivity contribution in [2.75, 3.05) is 32.6 Å². The molecule has 0 unspecified atom stereocenters. The number of thioether (sulfide) groups is 1. The predicted octanol–water partition coefficient (Wildman–Crippen LogP) is 3.73. The Morgan fingerprint density at radius 3 is 2.30 bits per heavy atom. The van der Waals surface area contributed by atoms with Gasteiger partial charge in [-0.15, -0.1) is 10.2 Å². The Kier molecular flexibility index (Phi) is 11.1. The minimum absolute atomic E-state index is 0.249. The second-order valence-electron chi connectivity index (χ2n) is 6.68. The lowest BCUT2D eigenvalue weighted by atomic mass is 10.2. The molecule has 30 heavy (non-hydrogen) atoms. The average Bonchev–Trinajstić information content (AvgIpc) is 3.19. The lowest BCUT2D eigenvalue weighted by molar-refractivity contribution is 0.0520. The number of rotatable bonds is 9. The zero-order chi connectivity index (χ0) is 22.6. The van der Waals surface area contributed by atoms with Crippen LogP contribution in [0.3, 0.4) is 0 Å². The van der Waals surface area contributed by atoms with Gasteiger partial charge in [0, 0.05) is 18.2 Å². The van der Waals surface area contributed by atoms with E-state index in [9.17, 15) is 4.79 Å². The van der Waals surface area contributed by atoms with E-state index in [-0.39, 0.29) is 13.2 Å². The summed E-state index contributed by atoms with van der Waals surface area (Å²) in [4.78, 5) is 11.7. The van der Waals surface area contributed by atoms with Crippen LogP contribution >= 0.6 is 11.8 Å². The Morgan fingerprint density at radius 1 is 1.13 bits per heavy atom. The first-order chi connectivity index (χ1) is 14.3. The molecule has 0 fully saturated rings. The summed E-state index contributed by atoms with van der Waals surface area (Å²) >= 11 is 1.36. The first kappa shape index (κ1) is 25.6. The number of amides is 1. The van der Waals surface area contributed by atoms with Crippen LogP contribution in [0.2, 0.25) is 0 Å². The molecule has 2 rings (SSSR count). The summed E-state index contributed by atoms with van der Waals surface area (Å²) in [5, 5.41) is 11.1. The lowest BCUT2D eigenvalue weighted by Gasteiger charge is -2.19. The van der Waals surface area contributed by atoms with Crippen LogP contribution in [0.25, 0.3) is 11.5 Å². The number of nitrogens with zero attached hydrogens (tertiary/aromatic N) is 2. The molecule has 0 radical (unpaired) electrons. The highest BCUT2D eigenvalue weighted by Gasteiger charge is 2.16. The number of aromatic nitrogens is 2. The standard InChI is InChI=1S/C18H26N4O5S.C2H6/c1-18(2,3)27-16(23)20-6-8-25-14-10-12(9-13(11-14)24-7-5-19)15-21-22-17(26-15)28-4;1-2/h9-11H,5-8,19H2,1-4H3,(H,20,23);1-2H3. The minimum Gasteiger partial charge on any atom is -0.492 e. The fourth-order valence-corrected chi connectivity index (χ4v) is 2.37. The Bertz CT molecular complexity index is 777. The zero-order valence-electron chi connectivity index (χ0n) is 18.5. The van der Waals surface area contributed by atoms with Gasteiger partial charge in [0.15, 0.2) is 0 Å². The van der Waals surface area contributed by atoms with Crippen molar-refractivity contribution in [2.24, 2.45) is 5.73 Å². The van der Waals surface area contributed by atoms with Crippen LogP contribution in [-0.4, -0.2) is 54.5 Å². The van der Waals surface area contributed by atoms with Crippen LogP contribution in [0.1, 0.15) is 34.6 Å². The molecule has 3 N–H and O–H groups in total. The van der Waals surface area contributed by atoms with Gasteiger partial charge in [0.2, 0.25) is 5.89 Å². The topological polar surface area (TPSA) is 122 Å². The van der Waals surface area contributed by atoms with Crippen molar-refractivity contribution >= 4 is 17.9 Å². The Labute approximate surface area is 182 Å². The van der Waals surface area contributed by atoms with E-state index < -0.39 is 11.7 Å². The van der Waals surface area contributed by atoms with E-state index in [1.165, 1.54) is 11.8 Å². The maximum Gasteiger partial charge on any atom is 0.407 e. The fourth-order valence-electron chi connectivity index (χ4n) is 2.08. The third-order valence-corrected chi connectivity index (χ3v) is 3.65. The molecule has 1 aromatic carbocycles. The summed E-state index contributed by atoms with van der Waals surface area (Å²) in [6.45, 7) is 10.7. The molecule has 1 amide bonds. The molecule has 0 saturated carbocycles. The van der Waals surface area contributed by atoms with Crippen molar-refractivity contribution in [2.45, 2.75) is 45.4 Å². The van der Waals surface area contributed by atoms with Gasteiger partial charge in [0.05, 0.1) is 6.54 Å². The number of carbonyl (C=O) groups is 1. The number of ether oxygens (including phenoxy) is 3. The quantitative estimate of drug-likeness (QED) is 0.443. The molecule has 0 bridgehead atoms. The van der Waals surface area contributed by atoms with Crippen LogP contribution < -0.4 is 20.5 Å². The largest absolute Gasteiger partial charge is 0.492 e.